The number of methoxy groups -OCH3 is 2. The van der Waals surface area contributed by atoms with Gasteiger partial charge in [0.15, 0.2) is 5.16 Å². The minimum atomic E-state index is -0.806. The molecule has 4 rings (SSSR count). The number of aromatic nitrogens is 2. The van der Waals surface area contributed by atoms with Crippen LogP contribution in [0.15, 0.2) is 58.2 Å². The molecular formula is C26H28BrN3O4S. The van der Waals surface area contributed by atoms with Crippen molar-refractivity contribution in [2.45, 2.75) is 42.8 Å². The number of nitrogens with zero attached hydrogens (tertiary/aromatic N) is 3. The summed E-state index contributed by atoms with van der Waals surface area (Å²) in [7, 11) is 3.12. The SMILES string of the molecule is COc1nc(SCc2cccc(-c3ccccc3)c2Br)nc(OC)c1CN1CCCC[C@H]1C(=O)O. The predicted octanol–water partition coefficient (Wildman–Crippen LogP) is 5.65. The summed E-state index contributed by atoms with van der Waals surface area (Å²) in [5.74, 6) is 0.663. The van der Waals surface area contributed by atoms with E-state index in [4.69, 9.17) is 9.47 Å². The van der Waals surface area contributed by atoms with Crippen molar-refractivity contribution in [3.05, 3.63) is 64.1 Å². The summed E-state index contributed by atoms with van der Waals surface area (Å²) in [6.45, 7) is 1.06. The summed E-state index contributed by atoms with van der Waals surface area (Å²) in [5, 5.41) is 10.2. The maximum Gasteiger partial charge on any atom is 0.320 e. The Hall–Kier alpha value is -2.62. The van der Waals surface area contributed by atoms with Crippen LogP contribution in [0.1, 0.15) is 30.4 Å². The molecule has 0 saturated carbocycles. The van der Waals surface area contributed by atoms with Gasteiger partial charge in [0.1, 0.15) is 6.04 Å². The van der Waals surface area contributed by atoms with Gasteiger partial charge in [-0.25, -0.2) is 0 Å². The maximum atomic E-state index is 11.7. The van der Waals surface area contributed by atoms with E-state index in [-0.39, 0.29) is 0 Å². The zero-order chi connectivity index (χ0) is 24.8. The van der Waals surface area contributed by atoms with E-state index in [2.05, 4.69) is 50.2 Å². The lowest BCUT2D eigenvalue weighted by Gasteiger charge is -2.33. The summed E-state index contributed by atoms with van der Waals surface area (Å²) in [6.07, 6.45) is 2.50. The molecule has 0 spiro atoms. The summed E-state index contributed by atoms with van der Waals surface area (Å²) < 4.78 is 12.2. The van der Waals surface area contributed by atoms with E-state index in [0.717, 1.165) is 34.0 Å². The molecule has 7 nitrogen and oxygen atoms in total. The molecule has 184 valence electrons. The monoisotopic (exact) mass is 557 g/mol. The first kappa shape index (κ1) is 25.5. The van der Waals surface area contributed by atoms with Gasteiger partial charge in [-0.05, 0) is 52.0 Å². The van der Waals surface area contributed by atoms with Gasteiger partial charge in [-0.1, -0.05) is 66.7 Å². The zero-order valence-electron chi connectivity index (χ0n) is 19.7. The van der Waals surface area contributed by atoms with Gasteiger partial charge in [0, 0.05) is 16.8 Å². The number of carboxylic acids is 1. The van der Waals surface area contributed by atoms with Crippen molar-refractivity contribution in [1.82, 2.24) is 14.9 Å². The number of carboxylic acid groups (broad SMARTS) is 1. The van der Waals surface area contributed by atoms with E-state index >= 15 is 0 Å². The van der Waals surface area contributed by atoms with E-state index in [9.17, 15) is 9.90 Å². The Bertz CT molecular complexity index is 1150. The number of halogens is 1. The standard InChI is InChI=1S/C26H28BrN3O4S/c1-33-23-20(15-30-14-7-6-13-21(30)25(31)32)24(34-2)29-26(28-23)35-16-18-11-8-12-19(22(18)27)17-9-4-3-5-10-17/h3-5,8-12,21H,6-7,13-16H2,1-2H3,(H,31,32)/t21-/m0/s1. The number of aliphatic carboxylic acids is 1. The van der Waals surface area contributed by atoms with Crippen LogP contribution in [0.5, 0.6) is 11.8 Å². The maximum absolute atomic E-state index is 11.7. The molecule has 1 N–H and O–H groups in total. The third-order valence-electron chi connectivity index (χ3n) is 6.08. The van der Waals surface area contributed by atoms with Crippen molar-refractivity contribution >= 4 is 33.7 Å². The van der Waals surface area contributed by atoms with E-state index in [0.29, 0.717) is 47.7 Å². The normalized spacial score (nSPS) is 16.1. The van der Waals surface area contributed by atoms with Crippen LogP contribution in [-0.2, 0) is 17.1 Å². The average Bonchev–Trinajstić information content (AvgIpc) is 2.89. The first-order chi connectivity index (χ1) is 17.0. The summed E-state index contributed by atoms with van der Waals surface area (Å²) >= 11 is 5.27. The number of hydrogen-bond acceptors (Lipinski definition) is 7. The van der Waals surface area contributed by atoms with Gasteiger partial charge in [0.05, 0.1) is 19.8 Å². The zero-order valence-corrected chi connectivity index (χ0v) is 22.1. The van der Waals surface area contributed by atoms with Gasteiger partial charge in [-0.3, -0.25) is 9.69 Å². The minimum Gasteiger partial charge on any atom is -0.481 e. The summed E-state index contributed by atoms with van der Waals surface area (Å²) in [5.41, 5.74) is 4.07. The number of piperidine rings is 1. The van der Waals surface area contributed by atoms with E-state index in [1.54, 1.807) is 14.2 Å². The quantitative estimate of drug-likeness (QED) is 0.266. The lowest BCUT2D eigenvalue weighted by molar-refractivity contribution is -0.144. The number of ether oxygens (including phenoxy) is 2. The molecule has 1 aromatic heterocycles. The van der Waals surface area contributed by atoms with Crippen LogP contribution in [0.4, 0.5) is 0 Å². The Morgan fingerprint density at radius 2 is 1.80 bits per heavy atom. The van der Waals surface area contributed by atoms with Crippen LogP contribution < -0.4 is 9.47 Å². The minimum absolute atomic E-state index is 0.360. The molecule has 1 atom stereocenters. The fourth-order valence-electron chi connectivity index (χ4n) is 4.30. The third-order valence-corrected chi connectivity index (χ3v) is 7.91. The van der Waals surface area contributed by atoms with Crippen LogP contribution in [-0.4, -0.2) is 52.7 Å². The molecule has 1 aliphatic heterocycles. The number of likely N-dealkylation sites (tertiary alicyclic amines) is 1. The van der Waals surface area contributed by atoms with E-state index in [1.165, 1.54) is 11.8 Å². The smallest absolute Gasteiger partial charge is 0.320 e. The highest BCUT2D eigenvalue weighted by atomic mass is 79.9. The molecule has 3 aromatic rings. The van der Waals surface area contributed by atoms with Crippen molar-refractivity contribution in [1.29, 1.82) is 0 Å². The lowest BCUT2D eigenvalue weighted by Crippen LogP contribution is -2.44. The van der Waals surface area contributed by atoms with Crippen LogP contribution in [0.25, 0.3) is 11.1 Å². The molecule has 1 saturated heterocycles. The molecule has 0 aliphatic carbocycles. The second-order valence-corrected chi connectivity index (χ2v) is 9.99. The molecule has 0 radical (unpaired) electrons. The van der Waals surface area contributed by atoms with Crippen LogP contribution in [0.2, 0.25) is 0 Å². The fourth-order valence-corrected chi connectivity index (χ4v) is 5.94. The number of carbonyl (C=O) groups is 1. The first-order valence-electron chi connectivity index (χ1n) is 11.4. The highest BCUT2D eigenvalue weighted by molar-refractivity contribution is 9.10. The lowest BCUT2D eigenvalue weighted by atomic mass is 10.0. The topological polar surface area (TPSA) is 84.8 Å². The first-order valence-corrected chi connectivity index (χ1v) is 13.2. The Kier molecular flexibility index (Phi) is 8.64. The molecule has 0 amide bonds. The predicted molar refractivity (Wildman–Crippen MR) is 140 cm³/mol. The van der Waals surface area contributed by atoms with Gasteiger partial charge in [-0.15, -0.1) is 0 Å². The van der Waals surface area contributed by atoms with E-state index < -0.39 is 12.0 Å². The van der Waals surface area contributed by atoms with Crippen molar-refractivity contribution in [3.63, 3.8) is 0 Å². The van der Waals surface area contributed by atoms with Gasteiger partial charge in [-0.2, -0.15) is 9.97 Å². The number of benzene rings is 2. The molecule has 2 aromatic carbocycles. The Morgan fingerprint density at radius 1 is 1.09 bits per heavy atom. The van der Waals surface area contributed by atoms with Gasteiger partial charge in [0.2, 0.25) is 11.8 Å². The Labute approximate surface area is 218 Å². The van der Waals surface area contributed by atoms with Crippen LogP contribution >= 0.6 is 27.7 Å². The van der Waals surface area contributed by atoms with Crippen molar-refractivity contribution in [2.75, 3.05) is 20.8 Å². The number of thioether (sulfide) groups is 1. The molecule has 0 unspecified atom stereocenters. The highest BCUT2D eigenvalue weighted by Gasteiger charge is 2.30. The molecular weight excluding hydrogens is 530 g/mol. The average molecular weight is 558 g/mol. The second kappa shape index (κ2) is 11.9. The molecule has 35 heavy (non-hydrogen) atoms. The molecule has 9 heteroatoms. The molecule has 1 fully saturated rings. The number of rotatable bonds is 9. The van der Waals surface area contributed by atoms with Crippen LogP contribution in [0, 0.1) is 0 Å². The second-order valence-electron chi connectivity index (χ2n) is 8.26. The summed E-state index contributed by atoms with van der Waals surface area (Å²) in [6, 6.07) is 15.9. The van der Waals surface area contributed by atoms with Gasteiger partial charge < -0.3 is 14.6 Å². The Morgan fingerprint density at radius 3 is 2.46 bits per heavy atom. The van der Waals surface area contributed by atoms with E-state index in [1.807, 2.05) is 29.2 Å². The summed E-state index contributed by atoms with van der Waals surface area (Å²) in [4.78, 5) is 22.9. The Balaban J connectivity index is 1.55. The van der Waals surface area contributed by atoms with Crippen LogP contribution in [0.3, 0.4) is 0 Å². The highest BCUT2D eigenvalue weighted by Crippen LogP contribution is 2.36. The van der Waals surface area contributed by atoms with Crippen molar-refractivity contribution in [2.24, 2.45) is 0 Å². The van der Waals surface area contributed by atoms with Crippen molar-refractivity contribution in [3.8, 4) is 22.9 Å². The fraction of sp³-hybridized carbons (Fsp3) is 0.346. The van der Waals surface area contributed by atoms with Crippen molar-refractivity contribution < 1.29 is 19.4 Å². The molecule has 1 aliphatic rings. The molecule has 2 heterocycles. The largest absolute Gasteiger partial charge is 0.481 e. The van der Waals surface area contributed by atoms with Gasteiger partial charge in [0.25, 0.3) is 0 Å². The van der Waals surface area contributed by atoms with Gasteiger partial charge >= 0.3 is 5.97 Å². The molecule has 0 bridgehead atoms. The number of hydrogen-bond donors (Lipinski definition) is 1. The third kappa shape index (κ3) is 5.97.